The van der Waals surface area contributed by atoms with Crippen LogP contribution in [-0.4, -0.2) is 13.4 Å². The number of nitrogens with zero attached hydrogens (tertiary/aromatic N) is 1. The molecule has 84 valence electrons. The minimum absolute atomic E-state index is 0.193. The minimum Gasteiger partial charge on any atom is -0.238 e. The number of halogens is 5. The maximum atomic E-state index is 12.3. The minimum atomic E-state index is -4.18. The smallest absolute Gasteiger partial charge is 0.238 e. The molecule has 0 amide bonds. The third kappa shape index (κ3) is 2.99. The molecule has 15 heavy (non-hydrogen) atoms. The highest BCUT2D eigenvalue weighted by atomic mass is 79.9. The van der Waals surface area contributed by atoms with E-state index in [1.165, 1.54) is 0 Å². The number of pyridine rings is 1. The summed E-state index contributed by atoms with van der Waals surface area (Å²) in [6.45, 7) is 0. The fourth-order valence-corrected chi connectivity index (χ4v) is 2.79. The third-order valence-corrected chi connectivity index (χ3v) is 4.03. The molecule has 1 rings (SSSR count). The van der Waals surface area contributed by atoms with Gasteiger partial charge in [0.05, 0.1) is 5.02 Å². The molecule has 0 aliphatic carbocycles. The maximum Gasteiger partial charge on any atom is 0.280 e. The molecule has 0 saturated heterocycles. The molecule has 0 aliphatic rings. The van der Waals surface area contributed by atoms with Crippen LogP contribution < -0.4 is 0 Å². The van der Waals surface area contributed by atoms with Gasteiger partial charge in [-0.2, -0.15) is 0 Å². The molecule has 0 N–H and O–H groups in total. The number of hydrogen-bond donors (Lipinski definition) is 0. The standard InChI is InChI=1S/C6H2BrCl2F2NO2S/c7-5-4(8)3(15(9,13)14)1-2(12-5)6(10)11/h1,6H. The SMILES string of the molecule is O=S(=O)(Cl)c1cc(C(F)F)nc(Br)c1Cl. The van der Waals surface area contributed by atoms with E-state index in [4.69, 9.17) is 22.3 Å². The zero-order valence-corrected chi connectivity index (χ0v) is 10.6. The number of rotatable bonds is 2. The fourth-order valence-electron chi connectivity index (χ4n) is 0.783. The molecule has 0 unspecified atom stereocenters. The van der Waals surface area contributed by atoms with Crippen LogP contribution in [0, 0.1) is 0 Å². The maximum absolute atomic E-state index is 12.3. The van der Waals surface area contributed by atoms with Crippen molar-refractivity contribution in [3.63, 3.8) is 0 Å². The summed E-state index contributed by atoms with van der Waals surface area (Å²) in [6, 6.07) is 0.639. The van der Waals surface area contributed by atoms with Gasteiger partial charge in [-0.3, -0.25) is 0 Å². The van der Waals surface area contributed by atoms with Gasteiger partial charge in [0.1, 0.15) is 15.2 Å². The Bertz CT molecular complexity index is 494. The summed E-state index contributed by atoms with van der Waals surface area (Å²) in [7, 11) is 0.832. The Labute approximate surface area is 102 Å². The Balaban J connectivity index is 3.52. The van der Waals surface area contributed by atoms with E-state index in [1.54, 1.807) is 0 Å². The highest BCUT2D eigenvalue weighted by Gasteiger charge is 2.22. The Hall–Kier alpha value is 0.0200. The van der Waals surface area contributed by atoms with E-state index in [0.717, 1.165) is 0 Å². The van der Waals surface area contributed by atoms with Crippen molar-refractivity contribution in [3.8, 4) is 0 Å². The van der Waals surface area contributed by atoms with Gasteiger partial charge in [-0.15, -0.1) is 0 Å². The summed E-state index contributed by atoms with van der Waals surface area (Å²) in [5.74, 6) is 0. The van der Waals surface area contributed by atoms with Crippen molar-refractivity contribution in [2.45, 2.75) is 11.3 Å². The fraction of sp³-hybridized carbons (Fsp3) is 0.167. The van der Waals surface area contributed by atoms with Gasteiger partial charge in [0, 0.05) is 10.7 Å². The van der Waals surface area contributed by atoms with E-state index in [0.29, 0.717) is 6.07 Å². The Morgan fingerprint density at radius 2 is 2.00 bits per heavy atom. The predicted octanol–water partition coefficient (Wildman–Crippen LogP) is 3.36. The summed E-state index contributed by atoms with van der Waals surface area (Å²) in [5.41, 5.74) is -0.717. The number of alkyl halides is 2. The monoisotopic (exact) mass is 339 g/mol. The molecule has 0 aliphatic heterocycles. The molecule has 0 fully saturated rings. The second-order valence-electron chi connectivity index (χ2n) is 2.39. The van der Waals surface area contributed by atoms with Crippen LogP contribution in [0.15, 0.2) is 15.6 Å². The summed E-state index contributed by atoms with van der Waals surface area (Å²) in [6.07, 6.45) is -2.91. The van der Waals surface area contributed by atoms with Crippen molar-refractivity contribution in [3.05, 3.63) is 21.4 Å². The van der Waals surface area contributed by atoms with E-state index >= 15 is 0 Å². The molecule has 0 aromatic carbocycles. The predicted molar refractivity (Wildman–Crippen MR) is 54.9 cm³/mol. The lowest BCUT2D eigenvalue weighted by Crippen LogP contribution is -1.99. The second kappa shape index (κ2) is 4.48. The zero-order chi connectivity index (χ0) is 11.8. The molecule has 0 atom stereocenters. The number of hydrogen-bond acceptors (Lipinski definition) is 3. The first-order chi connectivity index (χ1) is 6.73. The van der Waals surface area contributed by atoms with Crippen molar-refractivity contribution >= 4 is 47.3 Å². The molecule has 0 spiro atoms. The van der Waals surface area contributed by atoms with Crippen molar-refractivity contribution in [1.29, 1.82) is 0 Å². The lowest BCUT2D eigenvalue weighted by atomic mass is 10.4. The highest BCUT2D eigenvalue weighted by Crippen LogP contribution is 2.33. The molecular weight excluding hydrogens is 339 g/mol. The summed E-state index contributed by atoms with van der Waals surface area (Å²) < 4.78 is 46.3. The number of aromatic nitrogens is 1. The van der Waals surface area contributed by atoms with Crippen LogP contribution in [0.2, 0.25) is 5.02 Å². The van der Waals surface area contributed by atoms with Gasteiger partial charge in [0.2, 0.25) is 0 Å². The summed E-state index contributed by atoms with van der Waals surface area (Å²) in [4.78, 5) is 2.76. The van der Waals surface area contributed by atoms with Crippen LogP contribution in [-0.2, 0) is 9.05 Å². The average molecular weight is 341 g/mol. The van der Waals surface area contributed by atoms with E-state index in [9.17, 15) is 17.2 Å². The van der Waals surface area contributed by atoms with Crippen LogP contribution in [0.4, 0.5) is 8.78 Å². The van der Waals surface area contributed by atoms with Crippen LogP contribution in [0.5, 0.6) is 0 Å². The molecular formula is C6H2BrCl2F2NO2S. The van der Waals surface area contributed by atoms with Crippen molar-refractivity contribution in [2.75, 3.05) is 0 Å². The summed E-state index contributed by atoms with van der Waals surface area (Å²) in [5, 5.41) is -0.325. The van der Waals surface area contributed by atoms with E-state index < -0.39 is 26.1 Å². The normalized spacial score (nSPS) is 12.1. The van der Waals surface area contributed by atoms with Crippen LogP contribution in [0.1, 0.15) is 12.1 Å². The van der Waals surface area contributed by atoms with Crippen LogP contribution in [0.25, 0.3) is 0 Å². The molecule has 1 heterocycles. The van der Waals surface area contributed by atoms with Gasteiger partial charge in [0.15, 0.2) is 0 Å². The van der Waals surface area contributed by atoms with Gasteiger partial charge in [0.25, 0.3) is 15.5 Å². The topological polar surface area (TPSA) is 47.0 Å². The first-order valence-corrected chi connectivity index (χ1v) is 6.80. The molecule has 0 radical (unpaired) electrons. The largest absolute Gasteiger partial charge is 0.280 e. The second-order valence-corrected chi connectivity index (χ2v) is 6.05. The Morgan fingerprint density at radius 1 is 1.47 bits per heavy atom. The lowest BCUT2D eigenvalue weighted by molar-refractivity contribution is 0.145. The van der Waals surface area contributed by atoms with E-state index in [1.807, 2.05) is 0 Å². The zero-order valence-electron chi connectivity index (χ0n) is 6.72. The summed E-state index contributed by atoms with van der Waals surface area (Å²) >= 11 is 8.29. The molecule has 0 bridgehead atoms. The van der Waals surface area contributed by atoms with Crippen LogP contribution in [0.3, 0.4) is 0 Å². The molecule has 0 saturated carbocycles. The van der Waals surface area contributed by atoms with E-state index in [2.05, 4.69) is 20.9 Å². The van der Waals surface area contributed by atoms with Gasteiger partial charge < -0.3 is 0 Å². The van der Waals surface area contributed by atoms with Gasteiger partial charge >= 0.3 is 0 Å². The first-order valence-electron chi connectivity index (χ1n) is 3.32. The van der Waals surface area contributed by atoms with Gasteiger partial charge in [-0.25, -0.2) is 22.2 Å². The van der Waals surface area contributed by atoms with Gasteiger partial charge in [-0.05, 0) is 22.0 Å². The van der Waals surface area contributed by atoms with Crippen molar-refractivity contribution in [2.24, 2.45) is 0 Å². The van der Waals surface area contributed by atoms with E-state index in [-0.39, 0.29) is 9.63 Å². The third-order valence-electron chi connectivity index (χ3n) is 1.39. The van der Waals surface area contributed by atoms with Gasteiger partial charge in [-0.1, -0.05) is 11.6 Å². The molecule has 9 heteroatoms. The Morgan fingerprint density at radius 3 is 2.40 bits per heavy atom. The molecule has 1 aromatic heterocycles. The lowest BCUT2D eigenvalue weighted by Gasteiger charge is -2.05. The average Bonchev–Trinajstić information content (AvgIpc) is 2.06. The first kappa shape index (κ1) is 13.1. The van der Waals surface area contributed by atoms with Crippen molar-refractivity contribution in [1.82, 2.24) is 4.98 Å². The Kier molecular flexibility index (Phi) is 3.91. The quantitative estimate of drug-likeness (QED) is 0.612. The van der Waals surface area contributed by atoms with Crippen LogP contribution >= 0.6 is 38.2 Å². The highest BCUT2D eigenvalue weighted by molar-refractivity contribution is 9.10. The molecule has 1 aromatic rings. The van der Waals surface area contributed by atoms with Crippen molar-refractivity contribution < 1.29 is 17.2 Å². The molecule has 3 nitrogen and oxygen atoms in total.